The van der Waals surface area contributed by atoms with Crippen molar-refractivity contribution in [3.05, 3.63) is 0 Å². The van der Waals surface area contributed by atoms with Crippen LogP contribution in [0.25, 0.3) is 0 Å². The molecule has 3 aliphatic heterocycles. The molecule has 0 spiro atoms. The van der Waals surface area contributed by atoms with Gasteiger partial charge in [0.05, 0.1) is 6.61 Å². The molecule has 3 heteroatoms. The van der Waals surface area contributed by atoms with Crippen LogP contribution >= 0.6 is 0 Å². The van der Waals surface area contributed by atoms with E-state index in [4.69, 9.17) is 4.74 Å². The normalized spacial score (nSPS) is 38.2. The molecule has 0 bridgehead atoms. The minimum atomic E-state index is 0.724. The van der Waals surface area contributed by atoms with Gasteiger partial charge in [-0.3, -0.25) is 9.80 Å². The lowest BCUT2D eigenvalue weighted by Gasteiger charge is -2.36. The monoisotopic (exact) mass is 224 g/mol. The van der Waals surface area contributed by atoms with Gasteiger partial charge in [0, 0.05) is 25.2 Å². The number of ether oxygens (including phenoxy) is 1. The first-order valence-corrected chi connectivity index (χ1v) is 6.99. The van der Waals surface area contributed by atoms with E-state index in [2.05, 4.69) is 9.80 Å². The molecule has 2 unspecified atom stereocenters. The van der Waals surface area contributed by atoms with Crippen molar-refractivity contribution >= 4 is 0 Å². The second kappa shape index (κ2) is 5.03. The van der Waals surface area contributed by atoms with Gasteiger partial charge in [-0.1, -0.05) is 6.42 Å². The number of hydrogen-bond donors (Lipinski definition) is 0. The molecule has 0 aromatic rings. The van der Waals surface area contributed by atoms with Gasteiger partial charge in [0.15, 0.2) is 0 Å². The predicted octanol–water partition coefficient (Wildman–Crippen LogP) is 1.34. The molecule has 0 aromatic carbocycles. The number of piperidine rings is 1. The summed E-state index contributed by atoms with van der Waals surface area (Å²) in [5.41, 5.74) is 0. The summed E-state index contributed by atoms with van der Waals surface area (Å²) in [6, 6.07) is 1.57. The molecule has 16 heavy (non-hydrogen) atoms. The van der Waals surface area contributed by atoms with Crippen LogP contribution < -0.4 is 0 Å². The fourth-order valence-electron chi connectivity index (χ4n) is 3.54. The lowest BCUT2D eigenvalue weighted by Crippen LogP contribution is -2.46. The molecule has 3 nitrogen and oxygen atoms in total. The highest BCUT2D eigenvalue weighted by molar-refractivity contribution is 4.86. The van der Waals surface area contributed by atoms with E-state index >= 15 is 0 Å². The molecule has 3 saturated heterocycles. The van der Waals surface area contributed by atoms with Crippen LogP contribution in [0.4, 0.5) is 0 Å². The molecule has 0 radical (unpaired) electrons. The van der Waals surface area contributed by atoms with Crippen molar-refractivity contribution in [3.63, 3.8) is 0 Å². The van der Waals surface area contributed by atoms with Crippen molar-refractivity contribution in [1.29, 1.82) is 0 Å². The van der Waals surface area contributed by atoms with E-state index in [-0.39, 0.29) is 0 Å². The Morgan fingerprint density at radius 3 is 2.56 bits per heavy atom. The molecule has 0 aromatic heterocycles. The minimum absolute atomic E-state index is 0.724. The Morgan fingerprint density at radius 1 is 0.812 bits per heavy atom. The lowest BCUT2D eigenvalue weighted by molar-refractivity contribution is 0.108. The molecular weight excluding hydrogens is 200 g/mol. The zero-order valence-electron chi connectivity index (χ0n) is 10.2. The Kier molecular flexibility index (Phi) is 3.46. The van der Waals surface area contributed by atoms with Crippen molar-refractivity contribution in [2.75, 3.05) is 39.4 Å². The second-order valence-corrected chi connectivity index (χ2v) is 5.55. The fraction of sp³-hybridized carbons (Fsp3) is 1.00. The van der Waals surface area contributed by atoms with E-state index in [1.54, 1.807) is 0 Å². The zero-order chi connectivity index (χ0) is 10.8. The fourth-order valence-corrected chi connectivity index (χ4v) is 3.54. The summed E-state index contributed by atoms with van der Waals surface area (Å²) in [7, 11) is 0. The van der Waals surface area contributed by atoms with Crippen LogP contribution in [0, 0.1) is 0 Å². The maximum atomic E-state index is 5.53. The first kappa shape index (κ1) is 11.0. The Balaban J connectivity index is 1.63. The van der Waals surface area contributed by atoms with Gasteiger partial charge < -0.3 is 4.74 Å². The average Bonchev–Trinajstić information content (AvgIpc) is 2.75. The first-order chi connectivity index (χ1) is 7.93. The van der Waals surface area contributed by atoms with Crippen molar-refractivity contribution in [1.82, 2.24) is 9.80 Å². The summed E-state index contributed by atoms with van der Waals surface area (Å²) in [6.45, 7) is 7.23. The molecular formula is C13H24N2O. The van der Waals surface area contributed by atoms with Crippen LogP contribution in [0.5, 0.6) is 0 Å². The standard InChI is InChI=1S/C13H24N2O/c1-2-6-14-7-3-8-15(10-12(14)4-1)13-5-9-16-11-13/h12-13H,1-11H2. The third-order valence-corrected chi connectivity index (χ3v) is 4.51. The van der Waals surface area contributed by atoms with Gasteiger partial charge in [-0.25, -0.2) is 0 Å². The Labute approximate surface area is 98.7 Å². The number of nitrogens with zero attached hydrogens (tertiary/aromatic N) is 2. The molecule has 3 fully saturated rings. The quantitative estimate of drug-likeness (QED) is 0.668. The van der Waals surface area contributed by atoms with Gasteiger partial charge in [-0.15, -0.1) is 0 Å². The van der Waals surface area contributed by atoms with Crippen LogP contribution in [0.3, 0.4) is 0 Å². The van der Waals surface area contributed by atoms with E-state index in [0.717, 1.165) is 25.3 Å². The highest BCUT2D eigenvalue weighted by atomic mass is 16.5. The SMILES string of the molecule is C1CCN2CCCN(C3CCOC3)CC2C1. The topological polar surface area (TPSA) is 15.7 Å². The smallest absolute Gasteiger partial charge is 0.0622 e. The van der Waals surface area contributed by atoms with E-state index in [0.29, 0.717) is 0 Å². The summed E-state index contributed by atoms with van der Waals surface area (Å²) in [6.07, 6.45) is 6.89. The summed E-state index contributed by atoms with van der Waals surface area (Å²) in [4.78, 5) is 5.45. The van der Waals surface area contributed by atoms with Crippen LogP contribution in [0.15, 0.2) is 0 Å². The molecule has 3 rings (SSSR count). The molecule has 0 aliphatic carbocycles. The van der Waals surface area contributed by atoms with E-state index in [1.165, 1.54) is 58.3 Å². The van der Waals surface area contributed by atoms with Crippen LogP contribution in [-0.4, -0.2) is 61.3 Å². The van der Waals surface area contributed by atoms with Crippen molar-refractivity contribution in [2.24, 2.45) is 0 Å². The van der Waals surface area contributed by atoms with Crippen molar-refractivity contribution < 1.29 is 4.74 Å². The summed E-state index contributed by atoms with van der Waals surface area (Å²) >= 11 is 0. The molecule has 3 heterocycles. The van der Waals surface area contributed by atoms with Gasteiger partial charge >= 0.3 is 0 Å². The maximum Gasteiger partial charge on any atom is 0.0622 e. The van der Waals surface area contributed by atoms with Crippen LogP contribution in [-0.2, 0) is 4.74 Å². The first-order valence-electron chi connectivity index (χ1n) is 6.99. The Bertz CT molecular complexity index is 228. The van der Waals surface area contributed by atoms with E-state index < -0.39 is 0 Å². The largest absolute Gasteiger partial charge is 0.380 e. The maximum absolute atomic E-state index is 5.53. The highest BCUT2D eigenvalue weighted by Crippen LogP contribution is 2.23. The van der Waals surface area contributed by atoms with Crippen LogP contribution in [0.2, 0.25) is 0 Å². The van der Waals surface area contributed by atoms with Gasteiger partial charge in [0.25, 0.3) is 0 Å². The van der Waals surface area contributed by atoms with Crippen LogP contribution in [0.1, 0.15) is 32.1 Å². The van der Waals surface area contributed by atoms with Gasteiger partial charge in [-0.2, -0.15) is 0 Å². The molecule has 0 amide bonds. The van der Waals surface area contributed by atoms with Crippen molar-refractivity contribution in [2.45, 2.75) is 44.2 Å². The predicted molar refractivity (Wildman–Crippen MR) is 64.6 cm³/mol. The minimum Gasteiger partial charge on any atom is -0.380 e. The summed E-state index contributed by atoms with van der Waals surface area (Å²) in [5.74, 6) is 0. The number of rotatable bonds is 1. The zero-order valence-corrected chi connectivity index (χ0v) is 10.2. The Hall–Kier alpha value is -0.120. The highest BCUT2D eigenvalue weighted by Gasteiger charge is 2.31. The molecule has 3 aliphatic rings. The number of hydrogen-bond acceptors (Lipinski definition) is 3. The lowest BCUT2D eigenvalue weighted by atomic mass is 10.0. The third kappa shape index (κ3) is 2.27. The van der Waals surface area contributed by atoms with Gasteiger partial charge in [0.2, 0.25) is 0 Å². The summed E-state index contributed by atoms with van der Waals surface area (Å²) in [5, 5.41) is 0. The second-order valence-electron chi connectivity index (χ2n) is 5.55. The van der Waals surface area contributed by atoms with Gasteiger partial charge in [-0.05, 0) is 45.3 Å². The summed E-state index contributed by atoms with van der Waals surface area (Å²) < 4.78 is 5.53. The number of fused-ring (bicyclic) bond motifs is 1. The third-order valence-electron chi connectivity index (χ3n) is 4.51. The molecule has 2 atom stereocenters. The molecule has 0 N–H and O–H groups in total. The van der Waals surface area contributed by atoms with Gasteiger partial charge in [0.1, 0.15) is 0 Å². The molecule has 92 valence electrons. The van der Waals surface area contributed by atoms with E-state index in [9.17, 15) is 0 Å². The average molecular weight is 224 g/mol. The Morgan fingerprint density at radius 2 is 1.69 bits per heavy atom. The van der Waals surface area contributed by atoms with E-state index in [1.807, 2.05) is 0 Å². The molecule has 0 saturated carbocycles. The van der Waals surface area contributed by atoms with Crippen molar-refractivity contribution in [3.8, 4) is 0 Å².